The number of amides is 2. The molecule has 176 valence electrons. The van der Waals surface area contributed by atoms with Crippen LogP contribution in [0.25, 0.3) is 0 Å². The van der Waals surface area contributed by atoms with Gasteiger partial charge in [-0.05, 0) is 62.7 Å². The second kappa shape index (κ2) is 9.95. The molecule has 1 saturated heterocycles. The maximum Gasteiger partial charge on any atom is 0.410 e. The molecule has 0 saturated carbocycles. The summed E-state index contributed by atoms with van der Waals surface area (Å²) in [6.45, 7) is 6.22. The molecule has 0 aliphatic carbocycles. The normalized spacial score (nSPS) is 17.8. The van der Waals surface area contributed by atoms with Crippen LogP contribution < -0.4 is 10.1 Å². The Bertz CT molecular complexity index is 1110. The zero-order valence-electron chi connectivity index (χ0n) is 19.6. The van der Waals surface area contributed by atoms with Crippen molar-refractivity contribution in [1.82, 2.24) is 9.88 Å². The predicted molar refractivity (Wildman–Crippen MR) is 130 cm³/mol. The van der Waals surface area contributed by atoms with Crippen molar-refractivity contribution >= 4 is 17.7 Å². The van der Waals surface area contributed by atoms with E-state index in [0.29, 0.717) is 30.3 Å². The Balaban J connectivity index is 1.46. The number of nitrogens with zero attached hydrogens (tertiary/aromatic N) is 2. The van der Waals surface area contributed by atoms with Gasteiger partial charge in [0.2, 0.25) is 5.91 Å². The van der Waals surface area contributed by atoms with E-state index < -0.39 is 17.6 Å². The molecule has 2 aromatic carbocycles. The minimum Gasteiger partial charge on any atom is -0.456 e. The summed E-state index contributed by atoms with van der Waals surface area (Å²) >= 11 is 0. The van der Waals surface area contributed by atoms with Crippen LogP contribution in [0.4, 0.5) is 10.5 Å². The van der Waals surface area contributed by atoms with Crippen LogP contribution in [0.3, 0.4) is 0 Å². The lowest BCUT2D eigenvalue weighted by Crippen LogP contribution is -2.36. The van der Waals surface area contributed by atoms with Gasteiger partial charge in [-0.1, -0.05) is 30.3 Å². The largest absolute Gasteiger partial charge is 0.456 e. The van der Waals surface area contributed by atoms with Gasteiger partial charge in [0.15, 0.2) is 0 Å². The van der Waals surface area contributed by atoms with Crippen LogP contribution in [0.15, 0.2) is 79.1 Å². The summed E-state index contributed by atoms with van der Waals surface area (Å²) < 4.78 is 11.3. The highest BCUT2D eigenvalue weighted by molar-refractivity contribution is 5.94. The predicted octanol–water partition coefficient (Wildman–Crippen LogP) is 5.46. The Hall–Kier alpha value is -3.87. The number of carbonyl (C=O) groups excluding carboxylic acids is 2. The van der Waals surface area contributed by atoms with E-state index in [0.717, 1.165) is 5.56 Å². The number of carbonyl (C=O) groups is 2. The quantitative estimate of drug-likeness (QED) is 0.548. The minimum atomic E-state index is -0.598. The number of likely N-dealkylation sites (tertiary alicyclic amines) is 1. The first-order valence-electron chi connectivity index (χ1n) is 11.3. The van der Waals surface area contributed by atoms with Gasteiger partial charge in [-0.3, -0.25) is 9.78 Å². The third kappa shape index (κ3) is 5.92. The van der Waals surface area contributed by atoms with Crippen LogP contribution >= 0.6 is 0 Å². The SMILES string of the molecule is CC(C)(C)OC(=O)N1C[C@@H](C(=O)Nc2ccc(Oc3cccnc3)cc2)[C@H](c2ccccc2)C1. The van der Waals surface area contributed by atoms with Crippen molar-refractivity contribution in [3.63, 3.8) is 0 Å². The minimum absolute atomic E-state index is 0.123. The van der Waals surface area contributed by atoms with Gasteiger partial charge in [0.25, 0.3) is 0 Å². The van der Waals surface area contributed by atoms with E-state index >= 15 is 0 Å². The van der Waals surface area contributed by atoms with E-state index in [9.17, 15) is 9.59 Å². The monoisotopic (exact) mass is 459 g/mol. The van der Waals surface area contributed by atoms with Gasteiger partial charge in [-0.15, -0.1) is 0 Å². The number of benzene rings is 2. The number of aromatic nitrogens is 1. The summed E-state index contributed by atoms with van der Waals surface area (Å²) in [5.74, 6) is 0.618. The molecule has 0 unspecified atom stereocenters. The summed E-state index contributed by atoms with van der Waals surface area (Å²) in [7, 11) is 0. The number of anilines is 1. The van der Waals surface area contributed by atoms with Gasteiger partial charge in [0.1, 0.15) is 17.1 Å². The molecule has 0 spiro atoms. The molecule has 4 rings (SSSR count). The fourth-order valence-corrected chi connectivity index (χ4v) is 3.97. The molecule has 1 aliphatic rings. The number of rotatable bonds is 5. The van der Waals surface area contributed by atoms with Crippen molar-refractivity contribution in [2.45, 2.75) is 32.3 Å². The molecule has 0 radical (unpaired) electrons. The lowest BCUT2D eigenvalue weighted by atomic mass is 9.88. The van der Waals surface area contributed by atoms with Crippen LogP contribution in [0, 0.1) is 5.92 Å². The van der Waals surface area contributed by atoms with Crippen LogP contribution in [0.1, 0.15) is 32.3 Å². The highest BCUT2D eigenvalue weighted by atomic mass is 16.6. The van der Waals surface area contributed by atoms with Gasteiger partial charge in [-0.25, -0.2) is 4.79 Å². The third-order valence-corrected chi connectivity index (χ3v) is 5.53. The lowest BCUT2D eigenvalue weighted by molar-refractivity contribution is -0.119. The molecule has 2 amide bonds. The Labute approximate surface area is 199 Å². The maximum absolute atomic E-state index is 13.3. The van der Waals surface area contributed by atoms with Crippen molar-refractivity contribution < 1.29 is 19.1 Å². The highest BCUT2D eigenvalue weighted by Gasteiger charge is 2.41. The maximum atomic E-state index is 13.3. The molecule has 7 heteroatoms. The third-order valence-electron chi connectivity index (χ3n) is 5.53. The molecule has 3 aromatic rings. The van der Waals surface area contributed by atoms with Crippen molar-refractivity contribution in [1.29, 1.82) is 0 Å². The number of ether oxygens (including phenoxy) is 2. The smallest absolute Gasteiger partial charge is 0.410 e. The van der Waals surface area contributed by atoms with E-state index in [1.807, 2.05) is 57.2 Å². The van der Waals surface area contributed by atoms with Gasteiger partial charge < -0.3 is 19.7 Å². The second-order valence-corrected chi connectivity index (χ2v) is 9.31. The first kappa shape index (κ1) is 23.3. The molecule has 1 aromatic heterocycles. The molecule has 7 nitrogen and oxygen atoms in total. The van der Waals surface area contributed by atoms with Crippen molar-refractivity contribution in [3.8, 4) is 11.5 Å². The van der Waals surface area contributed by atoms with Gasteiger partial charge in [0, 0.05) is 30.9 Å². The molecular formula is C27H29N3O4. The summed E-state index contributed by atoms with van der Waals surface area (Å²) in [6, 6.07) is 20.6. The molecule has 2 atom stereocenters. The summed E-state index contributed by atoms with van der Waals surface area (Å²) in [5, 5.41) is 3.00. The van der Waals surface area contributed by atoms with Crippen molar-refractivity contribution in [2.24, 2.45) is 5.92 Å². The van der Waals surface area contributed by atoms with Crippen LogP contribution in [-0.2, 0) is 9.53 Å². The van der Waals surface area contributed by atoms with Crippen molar-refractivity contribution in [2.75, 3.05) is 18.4 Å². The standard InChI is InChI=1S/C27H29N3O4/c1-27(2,3)34-26(32)30-17-23(19-8-5-4-6-9-19)24(18-30)25(31)29-20-11-13-21(14-12-20)33-22-10-7-15-28-16-22/h4-16,23-24H,17-18H2,1-3H3,(H,29,31)/t23-,24+/m0/s1. The Kier molecular flexibility index (Phi) is 6.82. The first-order valence-corrected chi connectivity index (χ1v) is 11.3. The molecule has 1 fully saturated rings. The topological polar surface area (TPSA) is 80.8 Å². The van der Waals surface area contributed by atoms with E-state index in [1.165, 1.54) is 0 Å². The van der Waals surface area contributed by atoms with E-state index in [1.54, 1.807) is 47.6 Å². The molecule has 1 N–H and O–H groups in total. The van der Waals surface area contributed by atoms with E-state index in [-0.39, 0.29) is 11.8 Å². The highest BCUT2D eigenvalue weighted by Crippen LogP contribution is 2.34. The Morgan fingerprint density at radius 3 is 2.32 bits per heavy atom. The van der Waals surface area contributed by atoms with Crippen molar-refractivity contribution in [3.05, 3.63) is 84.7 Å². The summed E-state index contributed by atoms with van der Waals surface area (Å²) in [5.41, 5.74) is 1.08. The van der Waals surface area contributed by atoms with Crippen LogP contribution in [0.5, 0.6) is 11.5 Å². The number of nitrogens with one attached hydrogen (secondary N) is 1. The van der Waals surface area contributed by atoms with E-state index in [4.69, 9.17) is 9.47 Å². The van der Waals surface area contributed by atoms with Crippen LogP contribution in [0.2, 0.25) is 0 Å². The molecular weight excluding hydrogens is 430 g/mol. The average Bonchev–Trinajstić information content (AvgIpc) is 3.27. The van der Waals surface area contributed by atoms with Crippen LogP contribution in [-0.4, -0.2) is 40.6 Å². The lowest BCUT2D eigenvalue weighted by Gasteiger charge is -2.24. The molecule has 2 heterocycles. The summed E-state index contributed by atoms with van der Waals surface area (Å²) in [6.07, 6.45) is 2.91. The van der Waals surface area contributed by atoms with Gasteiger partial charge in [-0.2, -0.15) is 0 Å². The van der Waals surface area contributed by atoms with E-state index in [2.05, 4.69) is 10.3 Å². The van der Waals surface area contributed by atoms with Gasteiger partial charge >= 0.3 is 6.09 Å². The zero-order chi connectivity index (χ0) is 24.1. The number of hydrogen-bond acceptors (Lipinski definition) is 5. The Morgan fingerprint density at radius 1 is 0.941 bits per heavy atom. The number of hydrogen-bond donors (Lipinski definition) is 1. The Morgan fingerprint density at radius 2 is 1.68 bits per heavy atom. The van der Waals surface area contributed by atoms with Gasteiger partial charge in [0.05, 0.1) is 12.1 Å². The molecule has 34 heavy (non-hydrogen) atoms. The first-order chi connectivity index (χ1) is 16.3. The average molecular weight is 460 g/mol. The number of pyridine rings is 1. The fraction of sp³-hybridized carbons (Fsp3) is 0.296. The zero-order valence-corrected chi connectivity index (χ0v) is 19.6. The summed E-state index contributed by atoms with van der Waals surface area (Å²) in [4.78, 5) is 31.7. The second-order valence-electron chi connectivity index (χ2n) is 9.31. The molecule has 0 bridgehead atoms. The molecule has 1 aliphatic heterocycles. The fourth-order valence-electron chi connectivity index (χ4n) is 3.97.